The molecule has 0 aliphatic carbocycles. The molecule has 2 aromatic carbocycles. The number of fused-ring (bicyclic) bond motifs is 2. The molecule has 0 spiro atoms. The second kappa shape index (κ2) is 10.6. The number of benzene rings is 2. The molecule has 0 radical (unpaired) electrons. The lowest BCUT2D eigenvalue weighted by molar-refractivity contribution is 0.108. The molecule has 0 bridgehead atoms. The third kappa shape index (κ3) is 5.81. The normalized spacial score (nSPS) is 20.4. The Morgan fingerprint density at radius 2 is 1.85 bits per heavy atom. The van der Waals surface area contributed by atoms with Gasteiger partial charge < -0.3 is 14.1 Å². The van der Waals surface area contributed by atoms with Gasteiger partial charge in [0, 0.05) is 48.8 Å². The highest BCUT2D eigenvalue weighted by Gasteiger charge is 2.41. The minimum Gasteiger partial charge on any atom is -0.431 e. The fourth-order valence-corrected chi connectivity index (χ4v) is 8.03. The smallest absolute Gasteiger partial charge is 0.279 e. The SMILES string of the molecule is CC(C)(C)[Si](C)(C)O[C@@H]1CCN(C2CCN(Cc3c[nH]c4cc(Oc5nc6ccccc6s5)ccc34)CC2)C1. The molecule has 1 atom stereocenters. The van der Waals surface area contributed by atoms with E-state index in [0.29, 0.717) is 17.3 Å². The standard InChI is InChI=1S/C31H42N4O2SSi/c1-31(2,3)39(4,5)37-25-14-17-35(21-25)23-12-15-34(16-13-23)20-22-19-32-28-18-24(10-11-26(22)28)36-30-33-27-8-6-7-9-29(27)38-30/h6-11,18-19,23,25,32H,12-17,20-21H2,1-5H3/t25-/m1/s1. The Bertz CT molecular complexity index is 1400. The van der Waals surface area contributed by atoms with Gasteiger partial charge in [0.15, 0.2) is 8.32 Å². The Labute approximate surface area is 237 Å². The Morgan fingerprint density at radius 1 is 1.05 bits per heavy atom. The van der Waals surface area contributed by atoms with Crippen LogP contribution < -0.4 is 4.74 Å². The quantitative estimate of drug-likeness (QED) is 0.235. The van der Waals surface area contributed by atoms with Crippen molar-refractivity contribution in [3.8, 4) is 10.9 Å². The number of nitrogens with zero attached hydrogens (tertiary/aromatic N) is 3. The zero-order chi connectivity index (χ0) is 27.2. The maximum Gasteiger partial charge on any atom is 0.279 e. The summed E-state index contributed by atoms with van der Waals surface area (Å²) in [6, 6.07) is 15.2. The van der Waals surface area contributed by atoms with Gasteiger partial charge in [0.2, 0.25) is 0 Å². The third-order valence-electron chi connectivity index (χ3n) is 9.13. The topological polar surface area (TPSA) is 53.6 Å². The van der Waals surface area contributed by atoms with Crippen molar-refractivity contribution in [3.63, 3.8) is 0 Å². The molecule has 1 N–H and O–H groups in total. The maximum absolute atomic E-state index is 6.74. The molecule has 0 amide bonds. The van der Waals surface area contributed by atoms with Crippen LogP contribution in [0.4, 0.5) is 0 Å². The van der Waals surface area contributed by atoms with Gasteiger partial charge in [-0.05, 0) is 80.3 Å². The Balaban J connectivity index is 1.02. The number of hydrogen-bond acceptors (Lipinski definition) is 6. The van der Waals surface area contributed by atoms with Gasteiger partial charge in [0.05, 0.1) is 16.3 Å². The van der Waals surface area contributed by atoms with Crippen molar-refractivity contribution < 1.29 is 9.16 Å². The first-order chi connectivity index (χ1) is 18.6. The summed E-state index contributed by atoms with van der Waals surface area (Å²) in [4.78, 5) is 13.4. The molecule has 208 valence electrons. The second-order valence-corrected chi connectivity index (χ2v) is 18.6. The highest BCUT2D eigenvalue weighted by atomic mass is 32.1. The van der Waals surface area contributed by atoms with E-state index in [-0.39, 0.29) is 5.04 Å². The van der Waals surface area contributed by atoms with Crippen molar-refractivity contribution in [3.05, 3.63) is 54.2 Å². The predicted molar refractivity (Wildman–Crippen MR) is 165 cm³/mol. The molecule has 2 aliphatic rings. The summed E-state index contributed by atoms with van der Waals surface area (Å²) in [5.74, 6) is 0.817. The van der Waals surface area contributed by atoms with Crippen LogP contribution in [0.25, 0.3) is 21.1 Å². The Hall–Kier alpha value is -2.23. The number of likely N-dealkylation sites (tertiary alicyclic amines) is 2. The van der Waals surface area contributed by atoms with Gasteiger partial charge in [0.25, 0.3) is 5.19 Å². The number of thiazole rings is 1. The van der Waals surface area contributed by atoms with Crippen molar-refractivity contribution in [1.82, 2.24) is 19.8 Å². The Kier molecular flexibility index (Phi) is 7.35. The summed E-state index contributed by atoms with van der Waals surface area (Å²) in [6.45, 7) is 17.4. The van der Waals surface area contributed by atoms with Gasteiger partial charge >= 0.3 is 0 Å². The third-order valence-corrected chi connectivity index (χ3v) is 14.6. The van der Waals surface area contributed by atoms with E-state index in [2.05, 4.69) is 84.1 Å². The van der Waals surface area contributed by atoms with E-state index in [1.54, 1.807) is 11.3 Å². The highest BCUT2D eigenvalue weighted by molar-refractivity contribution is 7.20. The van der Waals surface area contributed by atoms with Gasteiger partial charge in [-0.1, -0.05) is 44.2 Å². The lowest BCUT2D eigenvalue weighted by Gasteiger charge is -2.39. The summed E-state index contributed by atoms with van der Waals surface area (Å²) >= 11 is 1.58. The van der Waals surface area contributed by atoms with Gasteiger partial charge in [0.1, 0.15) is 5.75 Å². The summed E-state index contributed by atoms with van der Waals surface area (Å²) in [6.07, 6.45) is 6.26. The molecule has 8 heteroatoms. The van der Waals surface area contributed by atoms with Gasteiger partial charge in [-0.25, -0.2) is 4.98 Å². The number of hydrogen-bond donors (Lipinski definition) is 1. The van der Waals surface area contributed by atoms with Crippen molar-refractivity contribution in [2.75, 3.05) is 26.2 Å². The van der Waals surface area contributed by atoms with Crippen molar-refractivity contribution >= 4 is 40.8 Å². The maximum atomic E-state index is 6.74. The molecular weight excluding hydrogens is 521 g/mol. The van der Waals surface area contributed by atoms with Crippen molar-refractivity contribution in [1.29, 1.82) is 0 Å². The molecule has 2 fully saturated rings. The summed E-state index contributed by atoms with van der Waals surface area (Å²) in [7, 11) is -1.70. The van der Waals surface area contributed by atoms with E-state index < -0.39 is 8.32 Å². The second-order valence-electron chi connectivity index (χ2n) is 12.9. The molecular formula is C31H42N4O2SSi. The van der Waals surface area contributed by atoms with E-state index in [9.17, 15) is 0 Å². The monoisotopic (exact) mass is 562 g/mol. The number of aromatic amines is 1. The molecule has 6 nitrogen and oxygen atoms in total. The fraction of sp³-hybridized carbons (Fsp3) is 0.516. The summed E-state index contributed by atoms with van der Waals surface area (Å²) < 4.78 is 14.0. The van der Waals surface area contributed by atoms with Crippen LogP contribution in [0.2, 0.25) is 18.1 Å². The average Bonchev–Trinajstić information content (AvgIpc) is 3.62. The molecule has 2 aliphatic heterocycles. The molecule has 6 rings (SSSR count). The van der Waals surface area contributed by atoms with Crippen LogP contribution in [0, 0.1) is 0 Å². The number of aromatic nitrogens is 2. The molecule has 2 aromatic heterocycles. The number of para-hydroxylation sites is 1. The number of piperidine rings is 1. The molecule has 4 aromatic rings. The lowest BCUT2D eigenvalue weighted by atomic mass is 10.0. The number of rotatable bonds is 7. The largest absolute Gasteiger partial charge is 0.431 e. The van der Waals surface area contributed by atoms with Crippen molar-refractivity contribution in [2.24, 2.45) is 0 Å². The van der Waals surface area contributed by atoms with Crippen LogP contribution in [0.15, 0.2) is 48.7 Å². The zero-order valence-electron chi connectivity index (χ0n) is 24.0. The minimum atomic E-state index is -1.70. The van der Waals surface area contributed by atoms with Crippen LogP contribution in [0.1, 0.15) is 45.6 Å². The number of nitrogens with one attached hydrogen (secondary N) is 1. The minimum absolute atomic E-state index is 0.277. The van der Waals surface area contributed by atoms with Crippen LogP contribution in [-0.4, -0.2) is 66.4 Å². The van der Waals surface area contributed by atoms with Crippen LogP contribution in [0.3, 0.4) is 0 Å². The molecule has 4 heterocycles. The van der Waals surface area contributed by atoms with Crippen molar-refractivity contribution in [2.45, 2.75) is 76.9 Å². The van der Waals surface area contributed by atoms with Crippen LogP contribution >= 0.6 is 11.3 Å². The van der Waals surface area contributed by atoms with Gasteiger partial charge in [-0.3, -0.25) is 9.80 Å². The van der Waals surface area contributed by atoms with Gasteiger partial charge in [-0.2, -0.15) is 0 Å². The fourth-order valence-electron chi connectivity index (χ4n) is 5.81. The average molecular weight is 563 g/mol. The highest BCUT2D eigenvalue weighted by Crippen LogP contribution is 2.39. The zero-order valence-corrected chi connectivity index (χ0v) is 25.8. The van der Waals surface area contributed by atoms with E-state index in [4.69, 9.17) is 9.16 Å². The van der Waals surface area contributed by atoms with E-state index >= 15 is 0 Å². The van der Waals surface area contributed by atoms with Crippen LogP contribution in [-0.2, 0) is 11.0 Å². The van der Waals surface area contributed by atoms with E-state index in [1.165, 1.54) is 36.8 Å². The molecule has 2 saturated heterocycles. The van der Waals surface area contributed by atoms with Crippen LogP contribution in [0.5, 0.6) is 10.9 Å². The predicted octanol–water partition coefficient (Wildman–Crippen LogP) is 7.63. The molecule has 39 heavy (non-hydrogen) atoms. The summed E-state index contributed by atoms with van der Waals surface area (Å²) in [5.41, 5.74) is 3.45. The number of ether oxygens (including phenoxy) is 1. The summed E-state index contributed by atoms with van der Waals surface area (Å²) in [5, 5.41) is 2.24. The van der Waals surface area contributed by atoms with E-state index in [0.717, 1.165) is 47.7 Å². The first-order valence-corrected chi connectivity index (χ1v) is 18.1. The molecule has 0 saturated carbocycles. The molecule has 0 unspecified atom stereocenters. The first-order valence-electron chi connectivity index (χ1n) is 14.4. The Morgan fingerprint density at radius 3 is 2.62 bits per heavy atom. The van der Waals surface area contributed by atoms with E-state index in [1.807, 2.05) is 18.2 Å². The first kappa shape index (κ1) is 27.0. The lowest BCUT2D eigenvalue weighted by Crippen LogP contribution is -2.46. The van der Waals surface area contributed by atoms with Gasteiger partial charge in [-0.15, -0.1) is 0 Å². The number of H-pyrrole nitrogens is 1.